The number of esters is 2. The Hall–Kier alpha value is -3.33. The first-order valence-electron chi connectivity index (χ1n) is 30.4. The van der Waals surface area contributed by atoms with Crippen molar-refractivity contribution >= 4 is 19.8 Å². The lowest BCUT2D eigenvalue weighted by atomic mass is 10.0. The van der Waals surface area contributed by atoms with Crippen molar-refractivity contribution in [3.63, 3.8) is 0 Å². The standard InChI is InChI=1S/C65H112NO8P/c1-3-5-7-9-11-13-15-17-18-19-20-21-22-23-24-25-26-27-28-29-30-31-32-33-34-35-36-37-38-39-40-41-42-43-44-46-48-50-52-54-56-58-65(68)74-63(62-73-75(69,70)72-60-59-66)61-71-64(67)57-55-53-51-49-47-45-16-14-12-10-8-6-4-2/h5,7,11,13,17-18,20-21,23-24,26-27,29-30,32-33,35-36,63H,3-4,6,8-10,12,14-16,19,22,25,28,31,34,37-62,66H2,1-2H3,(H,69,70)/b7-5-,13-11-,18-17-,21-20-,24-23-,27-26-,30-29-,33-32-,36-35-. The number of carbonyl (C=O) groups excluding carboxylic acids is 2. The van der Waals surface area contributed by atoms with E-state index in [1.807, 2.05) is 0 Å². The van der Waals surface area contributed by atoms with E-state index in [2.05, 4.69) is 123 Å². The Morgan fingerprint density at radius 2 is 0.733 bits per heavy atom. The molecule has 9 nitrogen and oxygen atoms in total. The van der Waals surface area contributed by atoms with Crippen LogP contribution in [0.2, 0.25) is 0 Å². The predicted molar refractivity (Wildman–Crippen MR) is 321 cm³/mol. The smallest absolute Gasteiger partial charge is 0.462 e. The Bertz CT molecular complexity index is 1590. The van der Waals surface area contributed by atoms with Crippen LogP contribution < -0.4 is 5.73 Å². The Morgan fingerprint density at radius 3 is 1.09 bits per heavy atom. The number of nitrogens with two attached hydrogens (primary N) is 1. The van der Waals surface area contributed by atoms with Gasteiger partial charge in [0.25, 0.3) is 0 Å². The second-order valence-corrected chi connectivity index (χ2v) is 21.3. The molecule has 0 fully saturated rings. The largest absolute Gasteiger partial charge is 0.472 e. The summed E-state index contributed by atoms with van der Waals surface area (Å²) < 4.78 is 33.0. The lowest BCUT2D eigenvalue weighted by Crippen LogP contribution is -2.29. The Kier molecular flexibility index (Phi) is 57.2. The van der Waals surface area contributed by atoms with Gasteiger partial charge < -0.3 is 20.1 Å². The maximum absolute atomic E-state index is 12.7. The first-order valence-corrected chi connectivity index (χ1v) is 31.9. The number of unbranched alkanes of at least 4 members (excludes halogenated alkanes) is 25. The van der Waals surface area contributed by atoms with Crippen LogP contribution in [0.5, 0.6) is 0 Å². The zero-order chi connectivity index (χ0) is 54.5. The molecular weight excluding hydrogens is 954 g/mol. The average molecular weight is 1070 g/mol. The average Bonchev–Trinajstić information content (AvgIpc) is 3.40. The number of phosphoric acid groups is 1. The number of ether oxygens (including phenoxy) is 2. The van der Waals surface area contributed by atoms with Crippen LogP contribution in [0.25, 0.3) is 0 Å². The topological polar surface area (TPSA) is 134 Å². The minimum atomic E-state index is -4.39. The Labute approximate surface area is 460 Å². The molecule has 0 radical (unpaired) electrons. The molecule has 430 valence electrons. The van der Waals surface area contributed by atoms with Gasteiger partial charge in [0.1, 0.15) is 6.61 Å². The van der Waals surface area contributed by atoms with Crippen LogP contribution in [0.3, 0.4) is 0 Å². The minimum absolute atomic E-state index is 0.0511. The molecule has 0 aliphatic heterocycles. The van der Waals surface area contributed by atoms with E-state index >= 15 is 0 Å². The van der Waals surface area contributed by atoms with Crippen LogP contribution in [0, 0.1) is 0 Å². The molecule has 0 aliphatic carbocycles. The maximum atomic E-state index is 12.7. The molecule has 0 aromatic rings. The fraction of sp³-hybridized carbons (Fsp3) is 0.692. The van der Waals surface area contributed by atoms with Gasteiger partial charge in [0, 0.05) is 19.4 Å². The maximum Gasteiger partial charge on any atom is 0.472 e. The lowest BCUT2D eigenvalue weighted by Gasteiger charge is -2.19. The van der Waals surface area contributed by atoms with Crippen molar-refractivity contribution in [2.45, 2.75) is 264 Å². The van der Waals surface area contributed by atoms with Crippen molar-refractivity contribution in [1.82, 2.24) is 0 Å². The number of carbonyl (C=O) groups is 2. The molecule has 0 amide bonds. The normalized spacial score (nSPS) is 13.8. The molecule has 0 aliphatic rings. The van der Waals surface area contributed by atoms with E-state index in [1.54, 1.807) is 0 Å². The zero-order valence-corrected chi connectivity index (χ0v) is 48.9. The van der Waals surface area contributed by atoms with E-state index in [-0.39, 0.29) is 38.6 Å². The van der Waals surface area contributed by atoms with Crippen LogP contribution in [0.15, 0.2) is 109 Å². The molecule has 0 saturated carbocycles. The van der Waals surface area contributed by atoms with Gasteiger partial charge in [-0.1, -0.05) is 271 Å². The summed E-state index contributed by atoms with van der Waals surface area (Å²) in [6.45, 7) is 3.63. The summed E-state index contributed by atoms with van der Waals surface area (Å²) >= 11 is 0. The predicted octanol–water partition coefficient (Wildman–Crippen LogP) is 19.4. The molecule has 2 unspecified atom stereocenters. The fourth-order valence-electron chi connectivity index (χ4n) is 8.22. The van der Waals surface area contributed by atoms with E-state index in [0.29, 0.717) is 6.42 Å². The fourth-order valence-corrected chi connectivity index (χ4v) is 8.98. The van der Waals surface area contributed by atoms with E-state index < -0.39 is 26.5 Å². The van der Waals surface area contributed by atoms with Gasteiger partial charge in [0.2, 0.25) is 0 Å². The molecule has 75 heavy (non-hydrogen) atoms. The SMILES string of the molecule is CC/C=C\C/C=C\C/C=C\C/C=C\C/C=C\C/C=C\C/C=C\C/C=C\C/C=C\CCCCCCCCCCCCCCCC(=O)OC(COC(=O)CCCCCCCCCCCCCCC)COP(=O)(O)OCCN. The molecule has 0 aromatic carbocycles. The molecule has 0 heterocycles. The number of hydrogen-bond donors (Lipinski definition) is 2. The van der Waals surface area contributed by atoms with Crippen LogP contribution in [-0.2, 0) is 32.7 Å². The van der Waals surface area contributed by atoms with E-state index in [1.165, 1.54) is 128 Å². The molecule has 0 bridgehead atoms. The Morgan fingerprint density at radius 1 is 0.413 bits per heavy atom. The van der Waals surface area contributed by atoms with E-state index in [9.17, 15) is 19.0 Å². The molecule has 0 spiro atoms. The third kappa shape index (κ3) is 59.8. The van der Waals surface area contributed by atoms with Crippen LogP contribution in [-0.4, -0.2) is 49.3 Å². The molecule has 0 aromatic heterocycles. The highest BCUT2D eigenvalue weighted by Gasteiger charge is 2.26. The number of rotatable bonds is 56. The summed E-state index contributed by atoms with van der Waals surface area (Å²) in [6, 6.07) is 0. The summed E-state index contributed by atoms with van der Waals surface area (Å²) in [6.07, 6.45) is 81.6. The van der Waals surface area contributed by atoms with Crippen molar-refractivity contribution < 1.29 is 37.6 Å². The number of hydrogen-bond acceptors (Lipinski definition) is 8. The van der Waals surface area contributed by atoms with Gasteiger partial charge in [-0.05, 0) is 83.5 Å². The van der Waals surface area contributed by atoms with Gasteiger partial charge in [-0.25, -0.2) is 4.57 Å². The zero-order valence-electron chi connectivity index (χ0n) is 48.0. The van der Waals surface area contributed by atoms with Crippen molar-refractivity contribution in [1.29, 1.82) is 0 Å². The molecule has 3 N–H and O–H groups in total. The summed E-state index contributed by atoms with van der Waals surface area (Å²) in [7, 11) is -4.39. The van der Waals surface area contributed by atoms with Crippen LogP contribution >= 0.6 is 7.82 Å². The molecule has 10 heteroatoms. The van der Waals surface area contributed by atoms with Gasteiger partial charge in [-0.3, -0.25) is 18.6 Å². The van der Waals surface area contributed by atoms with Crippen molar-refractivity contribution in [2.75, 3.05) is 26.4 Å². The highest BCUT2D eigenvalue weighted by molar-refractivity contribution is 7.47. The molecule has 2 atom stereocenters. The quantitative estimate of drug-likeness (QED) is 0.0264. The molecule has 0 saturated heterocycles. The summed E-state index contributed by atoms with van der Waals surface area (Å²) in [5.41, 5.74) is 5.37. The second kappa shape index (κ2) is 59.9. The van der Waals surface area contributed by atoms with Gasteiger partial charge in [-0.2, -0.15) is 0 Å². The van der Waals surface area contributed by atoms with E-state index in [0.717, 1.165) is 96.3 Å². The van der Waals surface area contributed by atoms with Crippen molar-refractivity contribution in [3.8, 4) is 0 Å². The first kappa shape index (κ1) is 71.7. The summed E-state index contributed by atoms with van der Waals surface area (Å²) in [5.74, 6) is -0.826. The highest BCUT2D eigenvalue weighted by atomic mass is 31.2. The van der Waals surface area contributed by atoms with E-state index in [4.69, 9.17) is 24.3 Å². The minimum Gasteiger partial charge on any atom is -0.462 e. The molecular formula is C65H112NO8P. The summed E-state index contributed by atoms with van der Waals surface area (Å²) in [5, 5.41) is 0. The van der Waals surface area contributed by atoms with Crippen LogP contribution in [0.4, 0.5) is 0 Å². The number of allylic oxidation sites excluding steroid dienone is 18. The first-order chi connectivity index (χ1) is 36.8. The second-order valence-electron chi connectivity index (χ2n) is 19.8. The van der Waals surface area contributed by atoms with Gasteiger partial charge in [0.05, 0.1) is 13.2 Å². The lowest BCUT2D eigenvalue weighted by molar-refractivity contribution is -0.161. The van der Waals surface area contributed by atoms with Gasteiger partial charge in [-0.15, -0.1) is 0 Å². The van der Waals surface area contributed by atoms with Crippen molar-refractivity contribution in [2.24, 2.45) is 5.73 Å². The van der Waals surface area contributed by atoms with Crippen molar-refractivity contribution in [3.05, 3.63) is 109 Å². The third-order valence-corrected chi connectivity index (χ3v) is 13.7. The van der Waals surface area contributed by atoms with Gasteiger partial charge >= 0.3 is 19.8 Å². The third-order valence-electron chi connectivity index (χ3n) is 12.7. The van der Waals surface area contributed by atoms with Crippen LogP contribution in [0.1, 0.15) is 258 Å². The highest BCUT2D eigenvalue weighted by Crippen LogP contribution is 2.43. The number of phosphoric ester groups is 1. The Balaban J connectivity index is 3.88. The molecule has 0 rings (SSSR count). The van der Waals surface area contributed by atoms with Gasteiger partial charge in [0.15, 0.2) is 6.10 Å². The monoisotopic (exact) mass is 1070 g/mol. The summed E-state index contributed by atoms with van der Waals surface area (Å²) in [4.78, 5) is 35.1.